The van der Waals surface area contributed by atoms with E-state index in [9.17, 15) is 22.0 Å². The molecule has 0 aliphatic heterocycles. The highest BCUT2D eigenvalue weighted by Gasteiger charge is 2.34. The van der Waals surface area contributed by atoms with Crippen molar-refractivity contribution in [1.82, 2.24) is 29.7 Å². The van der Waals surface area contributed by atoms with Gasteiger partial charge in [-0.1, -0.05) is 0 Å². The van der Waals surface area contributed by atoms with Crippen LogP contribution in [0.2, 0.25) is 0 Å². The second kappa shape index (κ2) is 7.74. The topological polar surface area (TPSA) is 69.4 Å². The first-order valence-electron chi connectivity index (χ1n) is 9.29. The van der Waals surface area contributed by atoms with Gasteiger partial charge in [-0.05, 0) is 32.0 Å². The molecule has 0 bridgehead atoms. The van der Waals surface area contributed by atoms with Gasteiger partial charge in [-0.15, -0.1) is 0 Å². The van der Waals surface area contributed by atoms with E-state index in [1.54, 1.807) is 13.8 Å². The van der Waals surface area contributed by atoms with E-state index in [2.05, 4.69) is 25.0 Å². The van der Waals surface area contributed by atoms with Gasteiger partial charge in [0, 0.05) is 30.2 Å². The number of aromatic nitrogens is 6. The lowest BCUT2D eigenvalue weighted by molar-refractivity contribution is -0.141. The Kier molecular flexibility index (Phi) is 5.19. The predicted molar refractivity (Wildman–Crippen MR) is 104 cm³/mol. The lowest BCUT2D eigenvalue weighted by Crippen LogP contribution is -2.24. The van der Waals surface area contributed by atoms with E-state index in [0.717, 1.165) is 29.1 Å². The standard InChI is InChI=1S/C21H15F5N6/c1-20(2,17-9-27-8-15(29-17)13-4-3-12(22)7-14(13)23)18-10-28-11-19(30-18)32-6-5-16(31-32)21(24,25)26/h3-11H,1-2H3. The van der Waals surface area contributed by atoms with Gasteiger partial charge in [-0.2, -0.15) is 18.3 Å². The van der Waals surface area contributed by atoms with Crippen molar-refractivity contribution < 1.29 is 22.0 Å². The molecule has 0 aliphatic carbocycles. The minimum absolute atomic E-state index is 0.0765. The Bertz CT molecular complexity index is 1280. The van der Waals surface area contributed by atoms with Gasteiger partial charge in [-0.25, -0.2) is 23.4 Å². The molecule has 0 radical (unpaired) electrons. The zero-order valence-electron chi connectivity index (χ0n) is 16.8. The summed E-state index contributed by atoms with van der Waals surface area (Å²) in [4.78, 5) is 17.0. The van der Waals surface area contributed by atoms with Crippen LogP contribution in [0.15, 0.2) is 55.2 Å². The van der Waals surface area contributed by atoms with Crippen molar-refractivity contribution in [1.29, 1.82) is 0 Å². The van der Waals surface area contributed by atoms with E-state index >= 15 is 0 Å². The van der Waals surface area contributed by atoms with E-state index in [4.69, 9.17) is 0 Å². The average Bonchev–Trinajstić information content (AvgIpc) is 3.25. The summed E-state index contributed by atoms with van der Waals surface area (Å²) >= 11 is 0. The van der Waals surface area contributed by atoms with Gasteiger partial charge in [0.05, 0.1) is 34.9 Å². The van der Waals surface area contributed by atoms with Crippen LogP contribution in [0.5, 0.6) is 0 Å². The molecular formula is C21H15F5N6. The average molecular weight is 446 g/mol. The van der Waals surface area contributed by atoms with E-state index in [-0.39, 0.29) is 17.1 Å². The van der Waals surface area contributed by atoms with Crippen LogP contribution in [0, 0.1) is 11.6 Å². The number of hydrogen-bond donors (Lipinski definition) is 0. The molecule has 0 saturated carbocycles. The lowest BCUT2D eigenvalue weighted by Gasteiger charge is -2.23. The summed E-state index contributed by atoms with van der Waals surface area (Å²) in [5, 5.41) is 3.51. The Morgan fingerprint density at radius 2 is 1.50 bits per heavy atom. The summed E-state index contributed by atoms with van der Waals surface area (Å²) in [5.74, 6) is -1.41. The van der Waals surface area contributed by atoms with Crippen molar-refractivity contribution in [2.45, 2.75) is 25.4 Å². The molecule has 4 aromatic rings. The molecule has 0 unspecified atom stereocenters. The van der Waals surface area contributed by atoms with Crippen molar-refractivity contribution >= 4 is 0 Å². The van der Waals surface area contributed by atoms with Crippen molar-refractivity contribution in [3.05, 3.63) is 84.0 Å². The molecule has 1 aromatic carbocycles. The van der Waals surface area contributed by atoms with Gasteiger partial charge < -0.3 is 0 Å². The summed E-state index contributed by atoms with van der Waals surface area (Å²) in [6, 6.07) is 3.97. The molecule has 4 rings (SSSR count). The Labute approximate surface area is 178 Å². The highest BCUT2D eigenvalue weighted by molar-refractivity contribution is 5.59. The van der Waals surface area contributed by atoms with Crippen LogP contribution in [0.3, 0.4) is 0 Å². The van der Waals surface area contributed by atoms with Gasteiger partial charge in [0.15, 0.2) is 11.5 Å². The van der Waals surface area contributed by atoms with Gasteiger partial charge in [0.25, 0.3) is 0 Å². The molecule has 0 N–H and O–H groups in total. The Morgan fingerprint density at radius 1 is 0.812 bits per heavy atom. The quantitative estimate of drug-likeness (QED) is 0.424. The molecule has 3 aromatic heterocycles. The van der Waals surface area contributed by atoms with Crippen molar-refractivity contribution in [3.8, 4) is 17.1 Å². The predicted octanol–water partition coefficient (Wildman–Crippen LogP) is 4.74. The molecule has 0 spiro atoms. The van der Waals surface area contributed by atoms with Crippen molar-refractivity contribution in [2.24, 2.45) is 0 Å². The minimum Gasteiger partial charge on any atom is -0.261 e. The van der Waals surface area contributed by atoms with Crippen molar-refractivity contribution in [2.75, 3.05) is 0 Å². The molecule has 32 heavy (non-hydrogen) atoms. The maximum Gasteiger partial charge on any atom is 0.435 e. The first kappa shape index (κ1) is 21.5. The molecule has 3 heterocycles. The van der Waals surface area contributed by atoms with E-state index < -0.39 is 28.9 Å². The smallest absolute Gasteiger partial charge is 0.261 e. The minimum atomic E-state index is -4.58. The van der Waals surface area contributed by atoms with Crippen LogP contribution < -0.4 is 0 Å². The maximum atomic E-state index is 14.2. The Balaban J connectivity index is 1.71. The van der Waals surface area contributed by atoms with Gasteiger partial charge in [0.1, 0.15) is 11.6 Å². The van der Waals surface area contributed by atoms with Crippen LogP contribution >= 0.6 is 0 Å². The number of nitrogens with zero attached hydrogens (tertiary/aromatic N) is 6. The zero-order valence-corrected chi connectivity index (χ0v) is 16.8. The summed E-state index contributed by atoms with van der Waals surface area (Å²) < 4.78 is 67.0. The summed E-state index contributed by atoms with van der Waals surface area (Å²) in [5.41, 5.74) is -0.898. The number of hydrogen-bond acceptors (Lipinski definition) is 5. The second-order valence-electron chi connectivity index (χ2n) is 7.44. The zero-order chi connectivity index (χ0) is 23.1. The molecular weight excluding hydrogens is 431 g/mol. The highest BCUT2D eigenvalue weighted by Crippen LogP contribution is 2.31. The fourth-order valence-corrected chi connectivity index (χ4v) is 3.00. The fourth-order valence-electron chi connectivity index (χ4n) is 3.00. The second-order valence-corrected chi connectivity index (χ2v) is 7.44. The first-order chi connectivity index (χ1) is 15.1. The third-order valence-corrected chi connectivity index (χ3v) is 4.86. The summed E-state index contributed by atoms with van der Waals surface area (Å²) in [7, 11) is 0. The molecule has 0 aliphatic rings. The summed E-state index contributed by atoms with van der Waals surface area (Å²) in [6.07, 6.45) is 2.10. The molecule has 0 saturated heterocycles. The SMILES string of the molecule is CC(C)(c1cncc(-c2ccc(F)cc2F)n1)c1cncc(-n2ccc(C(F)(F)F)n2)n1. The largest absolute Gasteiger partial charge is 0.435 e. The molecule has 0 fully saturated rings. The third-order valence-electron chi connectivity index (χ3n) is 4.86. The van der Waals surface area contributed by atoms with E-state index in [0.29, 0.717) is 11.4 Å². The van der Waals surface area contributed by atoms with Gasteiger partial charge in [0.2, 0.25) is 0 Å². The lowest BCUT2D eigenvalue weighted by atomic mass is 9.86. The van der Waals surface area contributed by atoms with Crippen LogP contribution in [-0.2, 0) is 11.6 Å². The maximum absolute atomic E-state index is 14.2. The highest BCUT2D eigenvalue weighted by atomic mass is 19.4. The normalized spacial score (nSPS) is 12.2. The van der Waals surface area contributed by atoms with E-state index in [1.165, 1.54) is 30.9 Å². The molecule has 6 nitrogen and oxygen atoms in total. The van der Waals surface area contributed by atoms with Crippen molar-refractivity contribution in [3.63, 3.8) is 0 Å². The van der Waals surface area contributed by atoms with Crippen LogP contribution in [-0.4, -0.2) is 29.7 Å². The molecule has 0 atom stereocenters. The Morgan fingerprint density at radius 3 is 2.16 bits per heavy atom. The van der Waals surface area contributed by atoms with E-state index in [1.807, 2.05) is 0 Å². The molecule has 11 heteroatoms. The molecule has 164 valence electrons. The number of rotatable bonds is 4. The van der Waals surface area contributed by atoms with Crippen LogP contribution in [0.25, 0.3) is 17.1 Å². The van der Waals surface area contributed by atoms with Gasteiger partial charge in [-0.3, -0.25) is 9.97 Å². The van der Waals surface area contributed by atoms with Crippen LogP contribution in [0.4, 0.5) is 22.0 Å². The summed E-state index contributed by atoms with van der Waals surface area (Å²) in [6.45, 7) is 3.53. The Hall–Kier alpha value is -3.76. The number of alkyl halides is 3. The first-order valence-corrected chi connectivity index (χ1v) is 9.29. The van der Waals surface area contributed by atoms with Gasteiger partial charge >= 0.3 is 6.18 Å². The monoisotopic (exact) mass is 446 g/mol. The number of halogens is 5. The van der Waals surface area contributed by atoms with Crippen LogP contribution in [0.1, 0.15) is 30.9 Å². The fraction of sp³-hybridized carbons (Fsp3) is 0.190. The molecule has 0 amide bonds. The number of benzene rings is 1. The third kappa shape index (κ3) is 4.05.